The molecule has 0 bridgehead atoms. The van der Waals surface area contributed by atoms with E-state index in [0.29, 0.717) is 0 Å². The topological polar surface area (TPSA) is 16.4 Å². The van der Waals surface area contributed by atoms with Crippen molar-refractivity contribution < 1.29 is 4.42 Å². The van der Waals surface area contributed by atoms with E-state index in [-0.39, 0.29) is 0 Å². The smallest absolute Gasteiger partial charge is 0.159 e. The second kappa shape index (κ2) is 10.8. The minimum absolute atomic E-state index is 0.875. The van der Waals surface area contributed by atoms with Gasteiger partial charge >= 0.3 is 0 Å². The van der Waals surface area contributed by atoms with Gasteiger partial charge in [-0.3, -0.25) is 0 Å². The fourth-order valence-electron chi connectivity index (χ4n) is 6.87. The third kappa shape index (κ3) is 4.35. The van der Waals surface area contributed by atoms with Gasteiger partial charge in [0.1, 0.15) is 5.58 Å². The molecule has 8 aromatic carbocycles. The van der Waals surface area contributed by atoms with Gasteiger partial charge < -0.3 is 9.32 Å². The van der Waals surface area contributed by atoms with Crippen LogP contribution in [0.25, 0.3) is 65.7 Å². The highest BCUT2D eigenvalue weighted by molar-refractivity contribution is 6.10. The van der Waals surface area contributed by atoms with E-state index < -0.39 is 0 Å². The van der Waals surface area contributed by atoms with Crippen molar-refractivity contribution in [2.75, 3.05) is 4.90 Å². The van der Waals surface area contributed by atoms with Crippen LogP contribution in [0.5, 0.6) is 0 Å². The lowest BCUT2D eigenvalue weighted by molar-refractivity contribution is 0.669. The predicted molar refractivity (Wildman–Crippen MR) is 194 cm³/mol. The Hall–Kier alpha value is -6.12. The van der Waals surface area contributed by atoms with Gasteiger partial charge in [0.15, 0.2) is 5.58 Å². The Labute approximate surface area is 267 Å². The van der Waals surface area contributed by atoms with E-state index in [1.54, 1.807) is 0 Å². The summed E-state index contributed by atoms with van der Waals surface area (Å²) in [4.78, 5) is 2.31. The molecular formula is C44H29NO. The van der Waals surface area contributed by atoms with Gasteiger partial charge in [0.25, 0.3) is 0 Å². The van der Waals surface area contributed by atoms with Gasteiger partial charge in [-0.15, -0.1) is 0 Å². The van der Waals surface area contributed by atoms with E-state index in [1.165, 1.54) is 43.8 Å². The van der Waals surface area contributed by atoms with Gasteiger partial charge in [0.2, 0.25) is 0 Å². The second-order valence-electron chi connectivity index (χ2n) is 11.7. The first kappa shape index (κ1) is 26.3. The van der Waals surface area contributed by atoms with E-state index >= 15 is 0 Å². The highest BCUT2D eigenvalue weighted by Gasteiger charge is 2.19. The molecule has 0 spiro atoms. The molecule has 0 unspecified atom stereocenters. The van der Waals surface area contributed by atoms with Crippen molar-refractivity contribution in [3.8, 4) is 22.3 Å². The zero-order valence-electron chi connectivity index (χ0n) is 25.1. The molecule has 0 amide bonds. The first-order chi connectivity index (χ1) is 22.8. The van der Waals surface area contributed by atoms with E-state index in [4.69, 9.17) is 4.42 Å². The number of benzene rings is 8. The van der Waals surface area contributed by atoms with Crippen LogP contribution in [0.15, 0.2) is 180 Å². The Morgan fingerprint density at radius 2 is 0.804 bits per heavy atom. The molecule has 1 heterocycles. The van der Waals surface area contributed by atoms with Crippen LogP contribution in [0, 0.1) is 0 Å². The van der Waals surface area contributed by atoms with Crippen molar-refractivity contribution in [2.24, 2.45) is 0 Å². The fourth-order valence-corrected chi connectivity index (χ4v) is 6.87. The van der Waals surface area contributed by atoms with Crippen molar-refractivity contribution >= 4 is 60.5 Å². The second-order valence-corrected chi connectivity index (χ2v) is 11.7. The average Bonchev–Trinajstić information content (AvgIpc) is 3.52. The lowest BCUT2D eigenvalue weighted by atomic mass is 9.97. The molecule has 2 heteroatoms. The van der Waals surface area contributed by atoms with Crippen LogP contribution in [0.1, 0.15) is 0 Å². The Morgan fingerprint density at radius 3 is 1.39 bits per heavy atom. The molecule has 0 aliphatic heterocycles. The molecule has 0 atom stereocenters. The number of hydrogen-bond donors (Lipinski definition) is 0. The van der Waals surface area contributed by atoms with Gasteiger partial charge in [0.05, 0.1) is 5.69 Å². The van der Waals surface area contributed by atoms with Gasteiger partial charge in [-0.1, -0.05) is 140 Å². The molecule has 0 saturated carbocycles. The molecule has 0 radical (unpaired) electrons. The van der Waals surface area contributed by atoms with Gasteiger partial charge in [-0.05, 0) is 80.2 Å². The van der Waals surface area contributed by atoms with Crippen molar-refractivity contribution in [1.82, 2.24) is 0 Å². The average molecular weight is 588 g/mol. The summed E-state index contributed by atoms with van der Waals surface area (Å²) in [6, 6.07) is 62.7. The van der Waals surface area contributed by atoms with Crippen LogP contribution in [0.2, 0.25) is 0 Å². The van der Waals surface area contributed by atoms with Crippen molar-refractivity contribution in [1.29, 1.82) is 0 Å². The van der Waals surface area contributed by atoms with Crippen LogP contribution in [-0.2, 0) is 0 Å². The molecule has 2 nitrogen and oxygen atoms in total. The normalized spacial score (nSPS) is 11.5. The van der Waals surface area contributed by atoms with E-state index in [0.717, 1.165) is 39.0 Å². The van der Waals surface area contributed by atoms with Crippen molar-refractivity contribution in [3.05, 3.63) is 176 Å². The number of para-hydroxylation sites is 2. The number of hydrogen-bond acceptors (Lipinski definition) is 2. The predicted octanol–water partition coefficient (Wildman–Crippen LogP) is 12.7. The monoisotopic (exact) mass is 587 g/mol. The number of nitrogens with zero attached hydrogens (tertiary/aromatic N) is 1. The van der Waals surface area contributed by atoms with Crippen LogP contribution >= 0.6 is 0 Å². The third-order valence-corrected chi connectivity index (χ3v) is 9.08. The Balaban J connectivity index is 1.20. The molecule has 1 aromatic heterocycles. The van der Waals surface area contributed by atoms with Gasteiger partial charge in [-0.25, -0.2) is 0 Å². The highest BCUT2D eigenvalue weighted by atomic mass is 16.3. The molecule has 0 saturated heterocycles. The van der Waals surface area contributed by atoms with Crippen LogP contribution in [-0.4, -0.2) is 0 Å². The third-order valence-electron chi connectivity index (χ3n) is 9.08. The van der Waals surface area contributed by atoms with Crippen LogP contribution < -0.4 is 4.90 Å². The number of fused-ring (bicyclic) bond motifs is 5. The maximum atomic E-state index is 6.55. The fraction of sp³-hybridized carbons (Fsp3) is 0. The van der Waals surface area contributed by atoms with Crippen molar-refractivity contribution in [3.63, 3.8) is 0 Å². The first-order valence-corrected chi connectivity index (χ1v) is 15.7. The van der Waals surface area contributed by atoms with E-state index in [1.807, 2.05) is 12.1 Å². The minimum Gasteiger partial charge on any atom is -0.454 e. The molecule has 0 N–H and O–H groups in total. The quantitative estimate of drug-likeness (QED) is 0.199. The summed E-state index contributed by atoms with van der Waals surface area (Å²) < 4.78 is 6.55. The molecular weight excluding hydrogens is 558 g/mol. The molecule has 0 fully saturated rings. The number of furan rings is 1. The molecule has 9 rings (SSSR count). The van der Waals surface area contributed by atoms with Crippen molar-refractivity contribution in [2.45, 2.75) is 0 Å². The Kier molecular flexibility index (Phi) is 6.17. The zero-order chi connectivity index (χ0) is 30.5. The summed E-state index contributed by atoms with van der Waals surface area (Å²) in [5.41, 5.74) is 9.74. The summed E-state index contributed by atoms with van der Waals surface area (Å²) >= 11 is 0. The number of rotatable bonds is 5. The Morgan fingerprint density at radius 1 is 0.348 bits per heavy atom. The summed E-state index contributed by atoms with van der Waals surface area (Å²) in [5.74, 6) is 0. The molecule has 216 valence electrons. The minimum atomic E-state index is 0.875. The lowest BCUT2D eigenvalue weighted by Crippen LogP contribution is -2.10. The Bertz CT molecular complexity index is 2390. The van der Waals surface area contributed by atoms with Crippen LogP contribution in [0.3, 0.4) is 0 Å². The maximum absolute atomic E-state index is 6.55. The standard InChI is InChI=1S/C44H29NO/c1-3-14-36-30(10-1)12-7-17-38(36)32-22-26-34(27-23-32)45(42-20-9-19-41-40-16-5-6-21-43(40)46-44(41)42)35-28-24-33(25-29-35)39-18-8-13-31-11-2-4-15-37(31)39/h1-29H. The molecule has 0 aliphatic rings. The zero-order valence-corrected chi connectivity index (χ0v) is 25.1. The van der Waals surface area contributed by atoms with E-state index in [2.05, 4.69) is 169 Å². The summed E-state index contributed by atoms with van der Waals surface area (Å²) in [6.45, 7) is 0. The van der Waals surface area contributed by atoms with Gasteiger partial charge in [0, 0.05) is 22.1 Å². The summed E-state index contributed by atoms with van der Waals surface area (Å²) in [7, 11) is 0. The maximum Gasteiger partial charge on any atom is 0.159 e. The van der Waals surface area contributed by atoms with E-state index in [9.17, 15) is 0 Å². The largest absolute Gasteiger partial charge is 0.454 e. The van der Waals surface area contributed by atoms with Gasteiger partial charge in [-0.2, -0.15) is 0 Å². The lowest BCUT2D eigenvalue weighted by Gasteiger charge is -2.26. The summed E-state index contributed by atoms with van der Waals surface area (Å²) in [5, 5.41) is 7.23. The number of anilines is 3. The molecule has 9 aromatic rings. The SMILES string of the molecule is c1ccc2c(-c3ccc(N(c4ccc(-c5cccc6ccccc56)cc4)c4cccc5c4oc4ccccc45)cc3)cccc2c1. The molecule has 46 heavy (non-hydrogen) atoms. The molecule has 0 aliphatic carbocycles. The first-order valence-electron chi connectivity index (χ1n) is 15.7. The highest BCUT2D eigenvalue weighted by Crippen LogP contribution is 2.43. The summed E-state index contributed by atoms with van der Waals surface area (Å²) in [6.07, 6.45) is 0. The van der Waals surface area contributed by atoms with Crippen LogP contribution in [0.4, 0.5) is 17.1 Å².